The van der Waals surface area contributed by atoms with E-state index in [2.05, 4.69) is 20.9 Å². The van der Waals surface area contributed by atoms with Gasteiger partial charge in [-0.25, -0.2) is 9.79 Å². The summed E-state index contributed by atoms with van der Waals surface area (Å²) in [6, 6.07) is 18.1. The van der Waals surface area contributed by atoms with Crippen molar-refractivity contribution in [1.82, 2.24) is 4.57 Å². The standard InChI is InChI=1S/C36H37BrN2O7S/c1-7-43-30-17-24(11-15-27(30)45-20-23-9-13-26(37)14-10-23)18-31-34(40)39-33(25-12-16-28(46-21(3)4)29(19-25)42-6)32(35(41)44-8-2)22(5)38-36(39)47-31/h9-19,21,33H,7-8,20H2,1-6H3/b31-18-/t33-/m1/s1. The molecular formula is C36H37BrN2O7S. The molecule has 9 nitrogen and oxygen atoms in total. The van der Waals surface area contributed by atoms with E-state index in [0.717, 1.165) is 15.6 Å². The van der Waals surface area contributed by atoms with Crippen molar-refractivity contribution >= 4 is 39.3 Å². The van der Waals surface area contributed by atoms with Crippen LogP contribution in [0.3, 0.4) is 0 Å². The molecule has 1 aliphatic heterocycles. The van der Waals surface area contributed by atoms with Gasteiger partial charge in [0.25, 0.3) is 5.56 Å². The van der Waals surface area contributed by atoms with E-state index in [-0.39, 0.29) is 23.8 Å². The number of fused-ring (bicyclic) bond motifs is 1. The number of allylic oxidation sites excluding steroid dienone is 1. The smallest absolute Gasteiger partial charge is 0.338 e. The lowest BCUT2D eigenvalue weighted by molar-refractivity contribution is -0.139. The first kappa shape index (κ1) is 34.0. The first-order valence-corrected chi connectivity index (χ1v) is 16.9. The van der Waals surface area contributed by atoms with Crippen LogP contribution in [0.25, 0.3) is 6.08 Å². The third kappa shape index (κ3) is 7.63. The summed E-state index contributed by atoms with van der Waals surface area (Å²) in [5, 5.41) is 0. The first-order chi connectivity index (χ1) is 22.6. The quantitative estimate of drug-likeness (QED) is 0.158. The van der Waals surface area contributed by atoms with Crippen LogP contribution >= 0.6 is 27.3 Å². The number of benzene rings is 3. The van der Waals surface area contributed by atoms with Crippen molar-refractivity contribution < 1.29 is 28.5 Å². The number of rotatable bonds is 12. The zero-order valence-electron chi connectivity index (χ0n) is 27.2. The van der Waals surface area contributed by atoms with Gasteiger partial charge in [-0.1, -0.05) is 51.5 Å². The molecule has 3 aromatic carbocycles. The van der Waals surface area contributed by atoms with Crippen LogP contribution in [0.15, 0.2) is 86.2 Å². The lowest BCUT2D eigenvalue weighted by atomic mass is 9.95. The van der Waals surface area contributed by atoms with Crippen LogP contribution in [0.4, 0.5) is 0 Å². The molecule has 47 heavy (non-hydrogen) atoms. The maximum absolute atomic E-state index is 14.2. The molecule has 0 saturated heterocycles. The molecule has 0 radical (unpaired) electrons. The Kier molecular flexibility index (Phi) is 10.9. The van der Waals surface area contributed by atoms with Crippen molar-refractivity contribution in [2.24, 2.45) is 4.99 Å². The Morgan fingerprint density at radius 2 is 1.72 bits per heavy atom. The van der Waals surface area contributed by atoms with E-state index in [0.29, 0.717) is 56.8 Å². The van der Waals surface area contributed by atoms with Crippen LogP contribution in [0.1, 0.15) is 57.4 Å². The molecule has 0 spiro atoms. The highest BCUT2D eigenvalue weighted by Crippen LogP contribution is 2.37. The zero-order valence-corrected chi connectivity index (χ0v) is 29.6. The van der Waals surface area contributed by atoms with Crippen molar-refractivity contribution in [2.45, 2.75) is 53.4 Å². The molecule has 11 heteroatoms. The highest BCUT2D eigenvalue weighted by Gasteiger charge is 2.34. The van der Waals surface area contributed by atoms with Crippen molar-refractivity contribution in [3.8, 4) is 23.0 Å². The highest BCUT2D eigenvalue weighted by molar-refractivity contribution is 9.10. The fraction of sp³-hybridized carbons (Fsp3) is 0.306. The number of carbonyl (C=O) groups excluding carboxylic acids is 1. The SMILES string of the molecule is CCOC(=O)C1=C(C)N=c2s/c(=C\c3ccc(OCc4ccc(Br)cc4)c(OCC)c3)c(=O)n2[C@@H]1c1ccc(OC(C)C)c(OC)c1. The number of esters is 1. The average molecular weight is 722 g/mol. The molecule has 2 heterocycles. The first-order valence-electron chi connectivity index (χ1n) is 15.3. The number of thiazole rings is 1. The number of ether oxygens (including phenoxy) is 5. The zero-order chi connectivity index (χ0) is 33.7. The predicted molar refractivity (Wildman–Crippen MR) is 185 cm³/mol. The lowest BCUT2D eigenvalue weighted by Gasteiger charge is -2.25. The Morgan fingerprint density at radius 1 is 0.979 bits per heavy atom. The lowest BCUT2D eigenvalue weighted by Crippen LogP contribution is -2.40. The molecule has 1 atom stereocenters. The van der Waals surface area contributed by atoms with Gasteiger partial charge in [0.2, 0.25) is 0 Å². The van der Waals surface area contributed by atoms with Gasteiger partial charge in [0.05, 0.1) is 48.3 Å². The molecule has 0 unspecified atom stereocenters. The molecular weight excluding hydrogens is 684 g/mol. The minimum atomic E-state index is -0.789. The van der Waals surface area contributed by atoms with Gasteiger partial charge in [0, 0.05) is 4.47 Å². The molecule has 0 amide bonds. The number of hydrogen-bond donors (Lipinski definition) is 0. The van der Waals surface area contributed by atoms with Gasteiger partial charge in [0.15, 0.2) is 27.8 Å². The van der Waals surface area contributed by atoms with Crippen LogP contribution in [-0.2, 0) is 16.1 Å². The predicted octanol–water partition coefficient (Wildman–Crippen LogP) is 6.33. The Bertz CT molecular complexity index is 1980. The number of carbonyl (C=O) groups is 1. The van der Waals surface area contributed by atoms with E-state index in [4.69, 9.17) is 23.7 Å². The molecule has 0 bridgehead atoms. The van der Waals surface area contributed by atoms with E-state index in [9.17, 15) is 9.59 Å². The van der Waals surface area contributed by atoms with Gasteiger partial charge in [-0.05, 0) is 93.8 Å². The van der Waals surface area contributed by atoms with Gasteiger partial charge in [-0.3, -0.25) is 9.36 Å². The fourth-order valence-corrected chi connectivity index (χ4v) is 6.52. The van der Waals surface area contributed by atoms with Crippen molar-refractivity contribution in [3.05, 3.63) is 113 Å². The van der Waals surface area contributed by atoms with Crippen molar-refractivity contribution in [3.63, 3.8) is 0 Å². The maximum atomic E-state index is 14.2. The van der Waals surface area contributed by atoms with E-state index in [1.807, 2.05) is 69.3 Å². The third-order valence-electron chi connectivity index (χ3n) is 7.26. The third-order valence-corrected chi connectivity index (χ3v) is 8.77. The molecule has 1 aromatic heterocycles. The van der Waals surface area contributed by atoms with Crippen LogP contribution in [0, 0.1) is 0 Å². The summed E-state index contributed by atoms with van der Waals surface area (Å²) in [7, 11) is 1.55. The van der Waals surface area contributed by atoms with Crippen LogP contribution in [0.5, 0.6) is 23.0 Å². The molecule has 5 rings (SSSR count). The van der Waals surface area contributed by atoms with E-state index >= 15 is 0 Å². The highest BCUT2D eigenvalue weighted by atomic mass is 79.9. The Morgan fingerprint density at radius 3 is 2.40 bits per heavy atom. The van der Waals surface area contributed by atoms with Crippen molar-refractivity contribution in [1.29, 1.82) is 0 Å². The molecule has 0 fully saturated rings. The van der Waals surface area contributed by atoms with E-state index in [1.54, 1.807) is 43.7 Å². The molecule has 0 saturated carbocycles. The Balaban J connectivity index is 1.57. The topological polar surface area (TPSA) is 97.6 Å². The van der Waals surface area contributed by atoms with Crippen molar-refractivity contribution in [2.75, 3.05) is 20.3 Å². The van der Waals surface area contributed by atoms with E-state index in [1.165, 1.54) is 11.3 Å². The summed E-state index contributed by atoms with van der Waals surface area (Å²) >= 11 is 4.71. The number of aromatic nitrogens is 1. The van der Waals surface area contributed by atoms with Crippen LogP contribution in [-0.4, -0.2) is 37.0 Å². The van der Waals surface area contributed by atoms with Gasteiger partial charge in [-0.2, -0.15) is 0 Å². The second-order valence-corrected chi connectivity index (χ2v) is 12.9. The normalized spacial score (nSPS) is 14.5. The minimum Gasteiger partial charge on any atom is -0.493 e. The van der Waals surface area contributed by atoms with Crippen LogP contribution in [0.2, 0.25) is 0 Å². The van der Waals surface area contributed by atoms with E-state index < -0.39 is 12.0 Å². The van der Waals surface area contributed by atoms with Gasteiger partial charge >= 0.3 is 5.97 Å². The van der Waals surface area contributed by atoms with Gasteiger partial charge < -0.3 is 23.7 Å². The largest absolute Gasteiger partial charge is 0.493 e. The second kappa shape index (κ2) is 15.0. The Labute approximate surface area is 285 Å². The molecule has 4 aromatic rings. The summed E-state index contributed by atoms with van der Waals surface area (Å²) in [6.07, 6.45) is 1.73. The molecule has 0 aliphatic carbocycles. The minimum absolute atomic E-state index is 0.0694. The summed E-state index contributed by atoms with van der Waals surface area (Å²) in [5.41, 5.74) is 2.92. The molecule has 1 aliphatic rings. The summed E-state index contributed by atoms with van der Waals surface area (Å²) in [6.45, 7) is 10.3. The Hall–Kier alpha value is -4.35. The maximum Gasteiger partial charge on any atom is 0.338 e. The number of halogens is 1. The molecule has 246 valence electrons. The summed E-state index contributed by atoms with van der Waals surface area (Å²) in [5.74, 6) is 1.69. The number of methoxy groups -OCH3 is 1. The number of hydrogen-bond acceptors (Lipinski definition) is 9. The molecule has 0 N–H and O–H groups in total. The number of nitrogens with zero attached hydrogens (tertiary/aromatic N) is 2. The fourth-order valence-electron chi connectivity index (χ4n) is 5.21. The van der Waals surface area contributed by atoms with Gasteiger partial charge in [-0.15, -0.1) is 0 Å². The monoisotopic (exact) mass is 720 g/mol. The van der Waals surface area contributed by atoms with Crippen LogP contribution < -0.4 is 33.8 Å². The average Bonchev–Trinajstić information content (AvgIpc) is 3.34. The summed E-state index contributed by atoms with van der Waals surface area (Å²) < 4.78 is 32.0. The second-order valence-electron chi connectivity index (χ2n) is 10.9. The summed E-state index contributed by atoms with van der Waals surface area (Å²) in [4.78, 5) is 32.6. The van der Waals surface area contributed by atoms with Gasteiger partial charge in [0.1, 0.15) is 6.61 Å².